The van der Waals surface area contributed by atoms with Gasteiger partial charge in [-0.3, -0.25) is 0 Å². The van der Waals surface area contributed by atoms with Crippen molar-refractivity contribution >= 4 is 31.3 Å². The zero-order valence-electron chi connectivity index (χ0n) is 7.96. The molecule has 0 radical (unpaired) electrons. The van der Waals surface area contributed by atoms with Crippen LogP contribution in [-0.4, -0.2) is 16.2 Å². The van der Waals surface area contributed by atoms with Crippen molar-refractivity contribution in [1.29, 1.82) is 0 Å². The molecule has 14 heavy (non-hydrogen) atoms. The van der Waals surface area contributed by atoms with Gasteiger partial charge in [-0.15, -0.1) is 0 Å². The lowest BCUT2D eigenvalue weighted by Gasteiger charge is -2.01. The Balaban J connectivity index is 3.23. The lowest BCUT2D eigenvalue weighted by Crippen LogP contribution is -1.98. The van der Waals surface area contributed by atoms with Crippen molar-refractivity contribution in [2.24, 2.45) is 4.36 Å². The van der Waals surface area contributed by atoms with E-state index in [1.807, 2.05) is 0 Å². The van der Waals surface area contributed by atoms with Crippen LogP contribution >= 0.6 is 15.9 Å². The predicted octanol–water partition coefficient (Wildman–Crippen LogP) is 3.34. The summed E-state index contributed by atoms with van der Waals surface area (Å²) in [5.74, 6) is -0.0370. The molecule has 0 aliphatic rings. The van der Waals surface area contributed by atoms with E-state index in [0.29, 0.717) is 10.2 Å². The number of nitrogens with zero attached hydrogens (tertiary/aromatic N) is 1. The summed E-state index contributed by atoms with van der Waals surface area (Å²) < 4.78 is 29.4. The maximum Gasteiger partial charge on any atom is 0.150 e. The molecule has 78 valence electrons. The third-order valence-corrected chi connectivity index (χ3v) is 3.88. The highest BCUT2D eigenvalue weighted by Gasteiger charge is 2.04. The number of rotatable bonds is 2. The van der Waals surface area contributed by atoms with Gasteiger partial charge in [-0.05, 0) is 18.2 Å². The van der Waals surface area contributed by atoms with E-state index in [1.54, 1.807) is 13.0 Å². The average Bonchev–Trinajstić information content (AvgIpc) is 2.10. The minimum absolute atomic E-state index is 0.155. The molecule has 0 aromatic heterocycles. The first kappa shape index (κ1) is 11.7. The van der Waals surface area contributed by atoms with Gasteiger partial charge in [0.2, 0.25) is 0 Å². The Morgan fingerprint density at radius 2 is 2.21 bits per heavy atom. The largest absolute Gasteiger partial charge is 0.250 e. The number of hydrogen-bond acceptors (Lipinski definition) is 2. The molecule has 0 aliphatic heterocycles. The Hall–Kier alpha value is -0.420. The van der Waals surface area contributed by atoms with Crippen LogP contribution in [0.15, 0.2) is 27.0 Å². The summed E-state index contributed by atoms with van der Waals surface area (Å²) in [6.07, 6.45) is 1.52. The van der Waals surface area contributed by atoms with E-state index in [0.717, 1.165) is 0 Å². The molecule has 1 aromatic rings. The van der Waals surface area contributed by atoms with Crippen LogP contribution in [0.5, 0.6) is 0 Å². The third-order valence-electron chi connectivity index (χ3n) is 1.74. The molecule has 0 unspecified atom stereocenters. The van der Waals surface area contributed by atoms with Gasteiger partial charge in [-0.1, -0.05) is 22.9 Å². The third kappa shape index (κ3) is 3.06. The van der Waals surface area contributed by atoms with Crippen LogP contribution in [0.2, 0.25) is 0 Å². The minimum Gasteiger partial charge on any atom is -0.250 e. The van der Waals surface area contributed by atoms with Gasteiger partial charge in [0.25, 0.3) is 0 Å². The van der Waals surface area contributed by atoms with E-state index < -0.39 is 15.5 Å². The fraction of sp³-hybridized carbons (Fsp3) is 0.333. The summed E-state index contributed by atoms with van der Waals surface area (Å²) in [7, 11) is -2.29. The van der Waals surface area contributed by atoms with Crippen molar-refractivity contribution in [3.05, 3.63) is 28.5 Å². The van der Waals surface area contributed by atoms with Crippen LogP contribution in [0.25, 0.3) is 0 Å². The first-order valence-corrected chi connectivity index (χ1v) is 6.98. The Morgan fingerprint density at radius 3 is 2.71 bits per heavy atom. The van der Waals surface area contributed by atoms with E-state index in [2.05, 4.69) is 20.3 Å². The molecule has 0 heterocycles. The summed E-state index contributed by atoms with van der Waals surface area (Å²) in [5, 5.41) is 0. The van der Waals surface area contributed by atoms with E-state index in [9.17, 15) is 8.60 Å². The molecule has 0 fully saturated rings. The van der Waals surface area contributed by atoms with Gasteiger partial charge in [0.1, 0.15) is 5.69 Å². The van der Waals surface area contributed by atoms with E-state index in [4.69, 9.17) is 0 Å². The quantitative estimate of drug-likeness (QED) is 0.817. The zero-order chi connectivity index (χ0) is 10.8. The average molecular weight is 280 g/mol. The maximum absolute atomic E-state index is 13.3. The monoisotopic (exact) mass is 279 g/mol. The molecule has 0 aliphatic carbocycles. The van der Waals surface area contributed by atoms with Gasteiger partial charge in [0, 0.05) is 26.2 Å². The summed E-state index contributed by atoms with van der Waals surface area (Å²) in [6, 6.07) is 4.50. The van der Waals surface area contributed by atoms with Crippen molar-refractivity contribution in [2.45, 2.75) is 6.92 Å². The highest BCUT2D eigenvalue weighted by atomic mass is 79.9. The topological polar surface area (TPSA) is 29.4 Å². The Labute approximate surface area is 91.8 Å². The normalized spacial score (nSPS) is 14.9. The van der Waals surface area contributed by atoms with Crippen molar-refractivity contribution in [1.82, 2.24) is 0 Å². The van der Waals surface area contributed by atoms with Crippen molar-refractivity contribution in [3.63, 3.8) is 0 Å². The molecule has 0 spiro atoms. The Kier molecular flexibility index (Phi) is 3.66. The molecular weight excluding hydrogens is 269 g/mol. The SMILES string of the molecule is CC[S@](C)(=O)=Nc1ccc(Br)cc1F. The van der Waals surface area contributed by atoms with Gasteiger partial charge in [0.15, 0.2) is 5.82 Å². The molecule has 0 saturated heterocycles. The second-order valence-corrected chi connectivity index (χ2v) is 6.53. The van der Waals surface area contributed by atoms with Gasteiger partial charge < -0.3 is 0 Å². The standard InChI is InChI=1S/C9H11BrFNOS/c1-3-14(2,13)12-9-5-4-7(10)6-8(9)11/h4-6H,3H2,1-2H3/t14-/m0/s1. The molecular formula is C9H11BrFNOS. The van der Waals surface area contributed by atoms with Crippen molar-refractivity contribution < 1.29 is 8.60 Å². The molecule has 1 rings (SSSR count). The van der Waals surface area contributed by atoms with Crippen molar-refractivity contribution in [3.8, 4) is 0 Å². The van der Waals surface area contributed by atoms with Crippen LogP contribution in [0.1, 0.15) is 6.92 Å². The van der Waals surface area contributed by atoms with Crippen LogP contribution < -0.4 is 0 Å². The first-order chi connectivity index (χ1) is 6.44. The molecule has 2 nitrogen and oxygen atoms in total. The summed E-state index contributed by atoms with van der Waals surface area (Å²) >= 11 is 3.14. The number of halogens is 2. The predicted molar refractivity (Wildman–Crippen MR) is 60.8 cm³/mol. The summed E-state index contributed by atoms with van der Waals surface area (Å²) in [6.45, 7) is 1.77. The number of hydrogen-bond donors (Lipinski definition) is 0. The second kappa shape index (κ2) is 4.40. The Bertz CT molecular complexity index is 452. The molecule has 1 atom stereocenters. The second-order valence-electron chi connectivity index (χ2n) is 2.94. The Morgan fingerprint density at radius 1 is 1.57 bits per heavy atom. The van der Waals surface area contributed by atoms with Gasteiger partial charge >= 0.3 is 0 Å². The molecule has 5 heteroatoms. The minimum atomic E-state index is -2.29. The molecule has 1 aromatic carbocycles. The number of benzene rings is 1. The zero-order valence-corrected chi connectivity index (χ0v) is 10.4. The fourth-order valence-electron chi connectivity index (χ4n) is 0.828. The highest BCUT2D eigenvalue weighted by molar-refractivity contribution is 9.10. The summed E-state index contributed by atoms with van der Waals surface area (Å²) in [5.41, 5.74) is 0.155. The maximum atomic E-state index is 13.3. The van der Waals surface area contributed by atoms with Gasteiger partial charge in [-0.25, -0.2) is 8.60 Å². The van der Waals surface area contributed by atoms with E-state index >= 15 is 0 Å². The lowest BCUT2D eigenvalue weighted by atomic mass is 10.3. The highest BCUT2D eigenvalue weighted by Crippen LogP contribution is 2.23. The lowest BCUT2D eigenvalue weighted by molar-refractivity contribution is 0.628. The van der Waals surface area contributed by atoms with E-state index in [1.165, 1.54) is 18.4 Å². The van der Waals surface area contributed by atoms with Crippen LogP contribution in [0.4, 0.5) is 10.1 Å². The van der Waals surface area contributed by atoms with Crippen LogP contribution in [0, 0.1) is 5.82 Å². The smallest absolute Gasteiger partial charge is 0.150 e. The van der Waals surface area contributed by atoms with Crippen molar-refractivity contribution in [2.75, 3.05) is 12.0 Å². The van der Waals surface area contributed by atoms with E-state index in [-0.39, 0.29) is 5.69 Å². The van der Waals surface area contributed by atoms with Crippen LogP contribution in [0.3, 0.4) is 0 Å². The van der Waals surface area contributed by atoms with Gasteiger partial charge in [-0.2, -0.15) is 4.36 Å². The fourth-order valence-corrected chi connectivity index (χ4v) is 1.85. The molecule has 0 amide bonds. The van der Waals surface area contributed by atoms with Gasteiger partial charge in [0.05, 0.1) is 0 Å². The first-order valence-electron chi connectivity index (χ1n) is 4.09. The van der Waals surface area contributed by atoms with Crippen LogP contribution in [-0.2, 0) is 9.73 Å². The summed E-state index contributed by atoms with van der Waals surface area (Å²) in [4.78, 5) is 0. The molecule has 0 bridgehead atoms. The molecule has 0 N–H and O–H groups in total. The molecule has 0 saturated carbocycles.